The van der Waals surface area contributed by atoms with E-state index in [9.17, 15) is 22.0 Å². The van der Waals surface area contributed by atoms with Gasteiger partial charge in [-0.1, -0.05) is 36.4 Å². The quantitative estimate of drug-likeness (QED) is 0.363. The first-order valence-corrected chi connectivity index (χ1v) is 11.8. The number of anilines is 1. The van der Waals surface area contributed by atoms with Gasteiger partial charge in [0.2, 0.25) is 0 Å². The molecule has 10 heteroatoms. The molecule has 0 aliphatic carbocycles. The molecule has 0 radical (unpaired) electrons. The van der Waals surface area contributed by atoms with Crippen molar-refractivity contribution in [1.29, 1.82) is 0 Å². The summed E-state index contributed by atoms with van der Waals surface area (Å²) >= 11 is 0. The van der Waals surface area contributed by atoms with Gasteiger partial charge in [0.05, 0.1) is 27.2 Å². The lowest BCUT2D eigenvalue weighted by atomic mass is 10.2. The SMILES string of the molecule is Cc1ccc(C)c(S(=O)(=O)Nc2ccccc2C(=O)OCc2nc3ccccc3n2C(F)F)c1. The van der Waals surface area contributed by atoms with Gasteiger partial charge in [0.15, 0.2) is 5.82 Å². The van der Waals surface area contributed by atoms with Crippen molar-refractivity contribution in [2.75, 3.05) is 4.72 Å². The largest absolute Gasteiger partial charge is 0.454 e. The Morgan fingerprint density at radius 3 is 2.53 bits per heavy atom. The number of nitrogens with zero attached hydrogens (tertiary/aromatic N) is 2. The molecule has 1 aromatic heterocycles. The summed E-state index contributed by atoms with van der Waals surface area (Å²) in [4.78, 5) is 17.0. The second-order valence-corrected chi connectivity index (χ2v) is 9.31. The molecule has 0 spiro atoms. The molecule has 176 valence electrons. The minimum absolute atomic E-state index is 0.00997. The Kier molecular flexibility index (Phi) is 6.34. The van der Waals surface area contributed by atoms with E-state index in [4.69, 9.17) is 4.74 Å². The van der Waals surface area contributed by atoms with Crippen LogP contribution in [-0.4, -0.2) is 23.9 Å². The van der Waals surface area contributed by atoms with E-state index in [1.54, 1.807) is 56.3 Å². The first kappa shape index (κ1) is 23.4. The second kappa shape index (κ2) is 9.22. The molecule has 34 heavy (non-hydrogen) atoms. The molecule has 0 saturated carbocycles. The first-order valence-electron chi connectivity index (χ1n) is 10.3. The molecule has 3 aromatic carbocycles. The third-order valence-corrected chi connectivity index (χ3v) is 6.73. The van der Waals surface area contributed by atoms with E-state index in [1.807, 2.05) is 0 Å². The van der Waals surface area contributed by atoms with Crippen molar-refractivity contribution in [2.24, 2.45) is 0 Å². The summed E-state index contributed by atoms with van der Waals surface area (Å²) in [5, 5.41) is 0. The van der Waals surface area contributed by atoms with Crippen molar-refractivity contribution in [2.45, 2.75) is 31.9 Å². The number of sulfonamides is 1. The molecular formula is C24H21F2N3O4S. The number of aromatic nitrogens is 2. The summed E-state index contributed by atoms with van der Waals surface area (Å²) in [6.07, 6.45) is 0. The minimum Gasteiger partial charge on any atom is -0.454 e. The van der Waals surface area contributed by atoms with Crippen LogP contribution in [0.5, 0.6) is 0 Å². The highest BCUT2D eigenvalue weighted by atomic mass is 32.2. The zero-order valence-corrected chi connectivity index (χ0v) is 19.1. The lowest BCUT2D eigenvalue weighted by Crippen LogP contribution is -2.18. The predicted octanol–water partition coefficient (Wildman–Crippen LogP) is 5.21. The normalized spacial score (nSPS) is 11.7. The fourth-order valence-electron chi connectivity index (χ4n) is 3.57. The number of hydrogen-bond donors (Lipinski definition) is 1. The van der Waals surface area contributed by atoms with Crippen LogP contribution in [-0.2, 0) is 21.4 Å². The van der Waals surface area contributed by atoms with E-state index in [0.29, 0.717) is 15.6 Å². The van der Waals surface area contributed by atoms with Crippen molar-refractivity contribution in [3.8, 4) is 0 Å². The van der Waals surface area contributed by atoms with Gasteiger partial charge in [-0.05, 0) is 55.3 Å². The fraction of sp³-hybridized carbons (Fsp3) is 0.167. The maximum atomic E-state index is 13.6. The van der Waals surface area contributed by atoms with Crippen molar-refractivity contribution in [1.82, 2.24) is 9.55 Å². The monoisotopic (exact) mass is 485 g/mol. The van der Waals surface area contributed by atoms with Crippen LogP contribution in [0.4, 0.5) is 14.5 Å². The molecule has 0 atom stereocenters. The van der Waals surface area contributed by atoms with E-state index in [1.165, 1.54) is 24.3 Å². The number of alkyl halides is 2. The number of para-hydroxylation sites is 3. The van der Waals surface area contributed by atoms with E-state index in [2.05, 4.69) is 9.71 Å². The van der Waals surface area contributed by atoms with Crippen molar-refractivity contribution in [3.63, 3.8) is 0 Å². The summed E-state index contributed by atoms with van der Waals surface area (Å²) in [6.45, 7) is 0.0492. The average Bonchev–Trinajstić information content (AvgIpc) is 3.18. The summed E-state index contributed by atoms with van der Waals surface area (Å²) < 4.78 is 61.6. The van der Waals surface area contributed by atoms with Gasteiger partial charge in [0.1, 0.15) is 6.61 Å². The van der Waals surface area contributed by atoms with Gasteiger partial charge < -0.3 is 4.74 Å². The lowest BCUT2D eigenvalue weighted by molar-refractivity contribution is 0.0388. The molecule has 0 bridgehead atoms. The number of hydrogen-bond acceptors (Lipinski definition) is 5. The molecule has 0 aliphatic heterocycles. The lowest BCUT2D eigenvalue weighted by Gasteiger charge is -2.14. The van der Waals surface area contributed by atoms with Gasteiger partial charge in [-0.2, -0.15) is 8.78 Å². The van der Waals surface area contributed by atoms with Gasteiger partial charge in [0.25, 0.3) is 10.0 Å². The van der Waals surface area contributed by atoms with Gasteiger partial charge >= 0.3 is 12.5 Å². The maximum absolute atomic E-state index is 13.6. The van der Waals surface area contributed by atoms with E-state index >= 15 is 0 Å². The third kappa shape index (κ3) is 4.62. The average molecular weight is 486 g/mol. The van der Waals surface area contributed by atoms with Crippen molar-refractivity contribution >= 4 is 32.7 Å². The number of ether oxygens (including phenoxy) is 1. The molecule has 0 fully saturated rings. The fourth-order valence-corrected chi connectivity index (χ4v) is 4.98. The summed E-state index contributed by atoms with van der Waals surface area (Å²) in [5.41, 5.74) is 1.82. The Bertz CT molecular complexity index is 1480. The molecular weight excluding hydrogens is 464 g/mol. The van der Waals surface area contributed by atoms with Crippen LogP contribution in [0.3, 0.4) is 0 Å². The van der Waals surface area contributed by atoms with Gasteiger partial charge in [-0.3, -0.25) is 9.29 Å². The molecule has 4 aromatic rings. The number of nitrogens with one attached hydrogen (secondary N) is 1. The number of aryl methyl sites for hydroxylation is 2. The van der Waals surface area contributed by atoms with Crippen LogP contribution >= 0.6 is 0 Å². The molecule has 0 unspecified atom stereocenters. The Balaban J connectivity index is 1.59. The Labute approximate surface area is 195 Å². The highest BCUT2D eigenvalue weighted by Gasteiger charge is 2.23. The van der Waals surface area contributed by atoms with Gasteiger partial charge in [0, 0.05) is 0 Å². The second-order valence-electron chi connectivity index (χ2n) is 7.66. The first-order chi connectivity index (χ1) is 16.2. The van der Waals surface area contributed by atoms with Crippen LogP contribution in [0.1, 0.15) is 33.9 Å². The number of halogens is 2. The summed E-state index contributed by atoms with van der Waals surface area (Å²) in [6, 6.07) is 17.3. The van der Waals surface area contributed by atoms with Gasteiger partial charge in [-0.25, -0.2) is 18.2 Å². The van der Waals surface area contributed by atoms with Gasteiger partial charge in [-0.15, -0.1) is 0 Å². The standard InChI is InChI=1S/C24H21F2N3O4S/c1-15-11-12-16(2)21(13-15)34(31,32)28-18-8-4-3-7-17(18)23(30)33-14-22-27-19-9-5-6-10-20(19)29(22)24(25)26/h3-13,24,28H,14H2,1-2H3. The number of esters is 1. The third-order valence-electron chi connectivity index (χ3n) is 5.22. The number of fused-ring (bicyclic) bond motifs is 1. The zero-order valence-electron chi connectivity index (χ0n) is 18.3. The Morgan fingerprint density at radius 2 is 1.76 bits per heavy atom. The Morgan fingerprint density at radius 1 is 1.06 bits per heavy atom. The Hall–Kier alpha value is -3.79. The topological polar surface area (TPSA) is 90.3 Å². The van der Waals surface area contributed by atoms with Crippen LogP contribution in [0, 0.1) is 13.8 Å². The molecule has 0 aliphatic rings. The summed E-state index contributed by atoms with van der Waals surface area (Å²) in [7, 11) is -4.00. The molecule has 1 heterocycles. The number of benzene rings is 3. The number of carbonyl (C=O) groups is 1. The zero-order chi connectivity index (χ0) is 24.5. The maximum Gasteiger partial charge on any atom is 0.340 e. The molecule has 0 saturated heterocycles. The highest BCUT2D eigenvalue weighted by Crippen LogP contribution is 2.26. The molecule has 0 amide bonds. The van der Waals surface area contributed by atoms with Crippen LogP contribution in [0.15, 0.2) is 71.6 Å². The van der Waals surface area contributed by atoms with E-state index in [-0.39, 0.29) is 27.5 Å². The van der Waals surface area contributed by atoms with Crippen LogP contribution in [0.2, 0.25) is 0 Å². The molecule has 1 N–H and O–H groups in total. The van der Waals surface area contributed by atoms with E-state index in [0.717, 1.165) is 5.56 Å². The number of imidazole rings is 1. The minimum atomic E-state index is -4.00. The van der Waals surface area contributed by atoms with Crippen molar-refractivity contribution < 1.29 is 26.7 Å². The number of rotatable bonds is 7. The predicted molar refractivity (Wildman–Crippen MR) is 123 cm³/mol. The highest BCUT2D eigenvalue weighted by molar-refractivity contribution is 7.92. The molecule has 7 nitrogen and oxygen atoms in total. The smallest absolute Gasteiger partial charge is 0.340 e. The summed E-state index contributed by atoms with van der Waals surface area (Å²) in [5.74, 6) is -1.01. The number of carbonyl (C=O) groups excluding carboxylic acids is 1. The van der Waals surface area contributed by atoms with Crippen LogP contribution < -0.4 is 4.72 Å². The van der Waals surface area contributed by atoms with Crippen molar-refractivity contribution in [3.05, 3.63) is 89.2 Å². The molecule has 4 rings (SSSR count). The van der Waals surface area contributed by atoms with E-state index < -0.39 is 29.1 Å². The van der Waals surface area contributed by atoms with Crippen LogP contribution in [0.25, 0.3) is 11.0 Å².